The van der Waals surface area contributed by atoms with Gasteiger partial charge >= 0.3 is 0 Å². The van der Waals surface area contributed by atoms with E-state index in [0.29, 0.717) is 20.5 Å². The molecule has 5 nitrogen and oxygen atoms in total. The molecule has 0 spiro atoms. The van der Waals surface area contributed by atoms with E-state index in [2.05, 4.69) is 55.3 Å². The van der Waals surface area contributed by atoms with E-state index in [1.54, 1.807) is 12.4 Å². The van der Waals surface area contributed by atoms with Crippen molar-refractivity contribution in [3.8, 4) is 0 Å². The van der Waals surface area contributed by atoms with Gasteiger partial charge in [0, 0.05) is 23.0 Å². The Kier molecular flexibility index (Phi) is 5.82. The van der Waals surface area contributed by atoms with E-state index in [9.17, 15) is 4.79 Å². The number of nitrogens with one attached hydrogen (secondary N) is 1. The molecular formula is C17H15BrN4OS2. The number of amides is 1. The standard InChI is InChI=1S/C17H15BrN4OS2/c1-10-5-3-4-6-12(10)9-24-16-20-8-13(18)14(21-16)15(23)22-17-19-7-11(2)25-17/h3-8H,9H2,1-2H3,(H,19,22,23). The average molecular weight is 435 g/mol. The van der Waals surface area contributed by atoms with Gasteiger partial charge in [-0.05, 0) is 40.9 Å². The van der Waals surface area contributed by atoms with Gasteiger partial charge < -0.3 is 0 Å². The molecular weight excluding hydrogens is 420 g/mol. The Morgan fingerprint density at radius 2 is 2.04 bits per heavy atom. The van der Waals surface area contributed by atoms with E-state index in [1.807, 2.05) is 19.1 Å². The lowest BCUT2D eigenvalue weighted by Crippen LogP contribution is -2.15. The molecule has 2 aromatic heterocycles. The van der Waals surface area contributed by atoms with Crippen molar-refractivity contribution in [3.63, 3.8) is 0 Å². The summed E-state index contributed by atoms with van der Waals surface area (Å²) in [5, 5.41) is 3.89. The molecule has 0 fully saturated rings. The van der Waals surface area contributed by atoms with Gasteiger partial charge in [-0.2, -0.15) is 0 Å². The first-order valence-corrected chi connectivity index (χ1v) is 10.1. The number of thioether (sulfide) groups is 1. The smallest absolute Gasteiger partial charge is 0.277 e. The number of hydrogen-bond acceptors (Lipinski definition) is 6. The van der Waals surface area contributed by atoms with E-state index in [1.165, 1.54) is 34.2 Å². The van der Waals surface area contributed by atoms with Crippen LogP contribution in [0.2, 0.25) is 0 Å². The maximum atomic E-state index is 12.5. The molecule has 8 heteroatoms. The third-order valence-electron chi connectivity index (χ3n) is 3.40. The number of carbonyl (C=O) groups excluding carboxylic acids is 1. The Labute approximate surface area is 162 Å². The molecule has 1 aromatic carbocycles. The zero-order valence-corrected chi connectivity index (χ0v) is 16.8. The molecule has 0 atom stereocenters. The summed E-state index contributed by atoms with van der Waals surface area (Å²) in [7, 11) is 0. The van der Waals surface area contributed by atoms with Crippen LogP contribution in [-0.4, -0.2) is 20.9 Å². The lowest BCUT2D eigenvalue weighted by molar-refractivity contribution is 0.102. The summed E-state index contributed by atoms with van der Waals surface area (Å²) < 4.78 is 0.554. The zero-order chi connectivity index (χ0) is 17.8. The predicted molar refractivity (Wildman–Crippen MR) is 105 cm³/mol. The fourth-order valence-corrected chi connectivity index (χ4v) is 3.99. The second kappa shape index (κ2) is 8.07. The zero-order valence-electron chi connectivity index (χ0n) is 13.6. The summed E-state index contributed by atoms with van der Waals surface area (Å²) in [6.07, 6.45) is 3.33. The number of aromatic nitrogens is 3. The van der Waals surface area contributed by atoms with Crippen LogP contribution >= 0.6 is 39.0 Å². The number of aryl methyl sites for hydroxylation is 2. The van der Waals surface area contributed by atoms with Crippen molar-refractivity contribution < 1.29 is 4.79 Å². The third-order valence-corrected chi connectivity index (χ3v) is 5.72. The summed E-state index contributed by atoms with van der Waals surface area (Å²) in [5.41, 5.74) is 2.75. The minimum atomic E-state index is -0.304. The van der Waals surface area contributed by atoms with Crippen molar-refractivity contribution in [1.29, 1.82) is 0 Å². The number of hydrogen-bond donors (Lipinski definition) is 1. The van der Waals surface area contributed by atoms with E-state index < -0.39 is 0 Å². The average Bonchev–Trinajstić information content (AvgIpc) is 3.00. The monoisotopic (exact) mass is 434 g/mol. The lowest BCUT2D eigenvalue weighted by Gasteiger charge is -2.07. The van der Waals surface area contributed by atoms with Gasteiger partial charge in [0.05, 0.1) is 4.47 Å². The first kappa shape index (κ1) is 18.0. The van der Waals surface area contributed by atoms with Gasteiger partial charge in [-0.25, -0.2) is 15.0 Å². The van der Waals surface area contributed by atoms with Crippen LogP contribution in [-0.2, 0) is 5.75 Å². The fraction of sp³-hybridized carbons (Fsp3) is 0.176. The van der Waals surface area contributed by atoms with E-state index in [0.717, 1.165) is 10.6 Å². The summed E-state index contributed by atoms with van der Waals surface area (Å²) in [4.78, 5) is 26.3. The summed E-state index contributed by atoms with van der Waals surface area (Å²) in [5.74, 6) is 0.447. The third kappa shape index (κ3) is 4.65. The SMILES string of the molecule is Cc1cnc(NC(=O)c2nc(SCc3ccccc3C)ncc2Br)s1. The number of nitrogens with zero attached hydrogens (tertiary/aromatic N) is 3. The molecule has 1 amide bonds. The molecule has 0 radical (unpaired) electrons. The summed E-state index contributed by atoms with van der Waals surface area (Å²) in [6.45, 7) is 4.02. The van der Waals surface area contributed by atoms with Gasteiger partial charge in [0.2, 0.25) is 0 Å². The van der Waals surface area contributed by atoms with Crippen LogP contribution in [0.25, 0.3) is 0 Å². The van der Waals surface area contributed by atoms with Crippen molar-refractivity contribution in [1.82, 2.24) is 15.0 Å². The molecule has 0 aliphatic rings. The van der Waals surface area contributed by atoms with Crippen LogP contribution in [0.5, 0.6) is 0 Å². The van der Waals surface area contributed by atoms with Crippen LogP contribution in [0.15, 0.2) is 46.3 Å². The topological polar surface area (TPSA) is 67.8 Å². The van der Waals surface area contributed by atoms with Gasteiger partial charge in [-0.3, -0.25) is 10.1 Å². The molecule has 3 rings (SSSR count). The fourth-order valence-electron chi connectivity index (χ4n) is 2.06. The Morgan fingerprint density at radius 3 is 2.76 bits per heavy atom. The maximum absolute atomic E-state index is 12.5. The molecule has 25 heavy (non-hydrogen) atoms. The molecule has 0 saturated carbocycles. The van der Waals surface area contributed by atoms with Crippen LogP contribution in [0, 0.1) is 13.8 Å². The van der Waals surface area contributed by atoms with Crippen LogP contribution in [0.1, 0.15) is 26.5 Å². The lowest BCUT2D eigenvalue weighted by atomic mass is 10.1. The highest BCUT2D eigenvalue weighted by atomic mass is 79.9. The molecule has 0 saturated heterocycles. The predicted octanol–water partition coefficient (Wildman–Crippen LogP) is 4.86. The van der Waals surface area contributed by atoms with E-state index in [4.69, 9.17) is 0 Å². The van der Waals surface area contributed by atoms with Crippen molar-refractivity contribution >= 4 is 50.1 Å². The van der Waals surface area contributed by atoms with Crippen LogP contribution in [0.4, 0.5) is 5.13 Å². The second-order valence-corrected chi connectivity index (χ2v) is 8.33. The highest BCUT2D eigenvalue weighted by molar-refractivity contribution is 9.10. The van der Waals surface area contributed by atoms with Crippen LogP contribution < -0.4 is 5.32 Å². The minimum Gasteiger partial charge on any atom is -0.296 e. The molecule has 0 aliphatic carbocycles. The van der Waals surface area contributed by atoms with Gasteiger partial charge in [-0.15, -0.1) is 11.3 Å². The van der Waals surface area contributed by atoms with Crippen LogP contribution in [0.3, 0.4) is 0 Å². The summed E-state index contributed by atoms with van der Waals surface area (Å²) in [6, 6.07) is 8.19. The number of anilines is 1. The number of carbonyl (C=O) groups is 1. The maximum Gasteiger partial charge on any atom is 0.277 e. The Hall–Kier alpha value is -1.77. The van der Waals surface area contributed by atoms with Gasteiger partial charge in [0.25, 0.3) is 5.91 Å². The normalized spacial score (nSPS) is 10.7. The van der Waals surface area contributed by atoms with Gasteiger partial charge in [-0.1, -0.05) is 36.0 Å². The summed E-state index contributed by atoms with van der Waals surface area (Å²) >= 11 is 6.27. The molecule has 2 heterocycles. The largest absolute Gasteiger partial charge is 0.296 e. The van der Waals surface area contributed by atoms with Crippen molar-refractivity contribution in [2.45, 2.75) is 24.8 Å². The second-order valence-electron chi connectivity index (χ2n) is 5.29. The molecule has 0 unspecified atom stereocenters. The molecule has 0 aliphatic heterocycles. The number of rotatable bonds is 5. The molecule has 1 N–H and O–H groups in total. The highest BCUT2D eigenvalue weighted by Gasteiger charge is 2.16. The molecule has 0 bridgehead atoms. The quantitative estimate of drug-likeness (QED) is 0.458. The van der Waals surface area contributed by atoms with Gasteiger partial charge in [0.1, 0.15) is 5.69 Å². The van der Waals surface area contributed by atoms with Crippen molar-refractivity contribution in [2.75, 3.05) is 5.32 Å². The highest BCUT2D eigenvalue weighted by Crippen LogP contribution is 2.24. The molecule has 3 aromatic rings. The Bertz CT molecular complexity index is 913. The number of thiazole rings is 1. The first-order valence-electron chi connectivity index (χ1n) is 7.46. The number of benzene rings is 1. The Morgan fingerprint density at radius 1 is 1.24 bits per heavy atom. The van der Waals surface area contributed by atoms with Gasteiger partial charge in [0.15, 0.2) is 10.3 Å². The van der Waals surface area contributed by atoms with E-state index in [-0.39, 0.29) is 5.91 Å². The molecule has 128 valence electrons. The van der Waals surface area contributed by atoms with Crippen molar-refractivity contribution in [2.24, 2.45) is 0 Å². The number of halogens is 1. The minimum absolute atomic E-state index is 0.301. The van der Waals surface area contributed by atoms with E-state index >= 15 is 0 Å². The Balaban J connectivity index is 1.73. The first-order chi connectivity index (χ1) is 12.0. The van der Waals surface area contributed by atoms with Crippen molar-refractivity contribution in [3.05, 3.63) is 62.8 Å².